The van der Waals surface area contributed by atoms with Gasteiger partial charge in [0.2, 0.25) is 11.8 Å². The molecule has 0 radical (unpaired) electrons. The average molecular weight is 444 g/mol. The summed E-state index contributed by atoms with van der Waals surface area (Å²) in [6.07, 6.45) is 0.275. The van der Waals surface area contributed by atoms with Gasteiger partial charge in [0, 0.05) is 17.4 Å². The van der Waals surface area contributed by atoms with E-state index in [1.54, 1.807) is 42.1 Å². The fraction of sp³-hybridized carbons (Fsp3) is 0.200. The van der Waals surface area contributed by atoms with Crippen molar-refractivity contribution in [3.63, 3.8) is 0 Å². The summed E-state index contributed by atoms with van der Waals surface area (Å²) < 4.78 is 12.8. The predicted octanol–water partition coefficient (Wildman–Crippen LogP) is 4.57. The maximum absolute atomic E-state index is 12.4. The Balaban J connectivity index is 1.41. The van der Waals surface area contributed by atoms with E-state index in [4.69, 9.17) is 9.47 Å². The Labute approximate surface area is 192 Å². The van der Waals surface area contributed by atoms with E-state index in [1.807, 2.05) is 51.1 Å². The summed E-state index contributed by atoms with van der Waals surface area (Å²) in [5, 5.41) is 7.37. The Bertz CT molecular complexity index is 1260. The molecule has 0 fully saturated rings. The van der Waals surface area contributed by atoms with E-state index in [2.05, 4.69) is 20.4 Å². The van der Waals surface area contributed by atoms with Crippen LogP contribution in [-0.2, 0) is 11.2 Å². The molecule has 33 heavy (non-hydrogen) atoms. The molecule has 8 heteroatoms. The normalized spacial score (nSPS) is 10.7. The average Bonchev–Trinajstić information content (AvgIpc) is 3.13. The van der Waals surface area contributed by atoms with Crippen molar-refractivity contribution < 1.29 is 14.3 Å². The summed E-state index contributed by atoms with van der Waals surface area (Å²) in [5.41, 5.74) is 3.48. The van der Waals surface area contributed by atoms with Gasteiger partial charge in [-0.3, -0.25) is 4.79 Å². The number of benzene rings is 2. The quantitative estimate of drug-likeness (QED) is 0.450. The molecule has 0 saturated carbocycles. The molecule has 4 rings (SSSR count). The molecule has 2 heterocycles. The summed E-state index contributed by atoms with van der Waals surface area (Å²) in [6.45, 7) is 5.72. The third kappa shape index (κ3) is 5.54. The van der Waals surface area contributed by atoms with Crippen LogP contribution in [0.2, 0.25) is 0 Å². The summed E-state index contributed by atoms with van der Waals surface area (Å²) in [4.78, 5) is 21.2. The fourth-order valence-corrected chi connectivity index (χ4v) is 3.41. The van der Waals surface area contributed by atoms with Crippen LogP contribution >= 0.6 is 0 Å². The first-order valence-electron chi connectivity index (χ1n) is 10.5. The molecule has 0 unspecified atom stereocenters. The number of aryl methyl sites for hydroxylation is 3. The molecule has 0 atom stereocenters. The van der Waals surface area contributed by atoms with E-state index in [0.29, 0.717) is 29.0 Å². The highest BCUT2D eigenvalue weighted by Crippen LogP contribution is 2.24. The smallest absolute Gasteiger partial charge is 0.228 e. The Morgan fingerprint density at radius 3 is 2.27 bits per heavy atom. The number of nitrogens with zero attached hydrogens (tertiary/aromatic N) is 4. The Morgan fingerprint density at radius 1 is 0.939 bits per heavy atom. The van der Waals surface area contributed by atoms with Crippen LogP contribution in [0.1, 0.15) is 22.8 Å². The lowest BCUT2D eigenvalue weighted by Crippen LogP contribution is -2.14. The van der Waals surface area contributed by atoms with Gasteiger partial charge in [-0.25, -0.2) is 9.67 Å². The zero-order valence-corrected chi connectivity index (χ0v) is 19.0. The number of hydrogen-bond donors (Lipinski definition) is 1. The van der Waals surface area contributed by atoms with E-state index in [9.17, 15) is 4.79 Å². The van der Waals surface area contributed by atoms with Crippen molar-refractivity contribution in [1.82, 2.24) is 19.7 Å². The van der Waals surface area contributed by atoms with Gasteiger partial charge in [-0.05, 0) is 68.8 Å². The molecule has 0 saturated heterocycles. The Hall–Kier alpha value is -4.20. The van der Waals surface area contributed by atoms with E-state index in [1.165, 1.54) is 0 Å². The van der Waals surface area contributed by atoms with E-state index in [0.717, 1.165) is 22.7 Å². The zero-order chi connectivity index (χ0) is 23.4. The van der Waals surface area contributed by atoms with Gasteiger partial charge in [0.05, 0.1) is 19.2 Å². The van der Waals surface area contributed by atoms with E-state index in [-0.39, 0.29) is 12.3 Å². The number of methoxy groups -OCH3 is 1. The van der Waals surface area contributed by atoms with Crippen molar-refractivity contribution in [1.29, 1.82) is 0 Å². The van der Waals surface area contributed by atoms with Crippen LogP contribution in [-0.4, -0.2) is 32.8 Å². The lowest BCUT2D eigenvalue weighted by Gasteiger charge is -2.10. The number of ether oxygens (including phenoxy) is 2. The minimum absolute atomic E-state index is 0.102. The number of hydrogen-bond acceptors (Lipinski definition) is 6. The standard InChI is InChI=1S/C25H25N5O3/c1-16-13-17(2)30(29-16)23-15-25(27-18(3)26-23)33-22-11-7-20(8-12-22)28-24(31)14-19-5-9-21(32-4)10-6-19/h5-13,15H,14H2,1-4H3,(H,28,31). The summed E-state index contributed by atoms with van der Waals surface area (Å²) in [7, 11) is 1.61. The van der Waals surface area contributed by atoms with Gasteiger partial charge in [-0.2, -0.15) is 10.1 Å². The van der Waals surface area contributed by atoms with Crippen molar-refractivity contribution in [3.05, 3.63) is 83.4 Å². The maximum Gasteiger partial charge on any atom is 0.228 e. The molecule has 0 aliphatic heterocycles. The van der Waals surface area contributed by atoms with Crippen LogP contribution in [0.25, 0.3) is 5.82 Å². The first-order valence-corrected chi connectivity index (χ1v) is 10.5. The number of amides is 1. The number of anilines is 1. The van der Waals surface area contributed by atoms with E-state index < -0.39 is 0 Å². The van der Waals surface area contributed by atoms with Crippen LogP contribution in [0.3, 0.4) is 0 Å². The van der Waals surface area contributed by atoms with Gasteiger partial charge >= 0.3 is 0 Å². The number of aromatic nitrogens is 4. The number of carbonyl (C=O) groups excluding carboxylic acids is 1. The van der Waals surface area contributed by atoms with Crippen LogP contribution in [0.15, 0.2) is 60.7 Å². The molecule has 2 aromatic heterocycles. The summed E-state index contributed by atoms with van der Waals surface area (Å²) in [6, 6.07) is 18.3. The molecule has 1 N–H and O–H groups in total. The first-order chi connectivity index (χ1) is 15.9. The number of rotatable bonds is 7. The molecule has 4 aromatic rings. The molecule has 0 aliphatic carbocycles. The summed E-state index contributed by atoms with van der Waals surface area (Å²) >= 11 is 0. The topological polar surface area (TPSA) is 91.2 Å². The minimum Gasteiger partial charge on any atom is -0.497 e. The third-order valence-corrected chi connectivity index (χ3v) is 4.91. The number of carbonyl (C=O) groups is 1. The predicted molar refractivity (Wildman–Crippen MR) is 125 cm³/mol. The van der Waals surface area contributed by atoms with Gasteiger partial charge in [0.15, 0.2) is 5.82 Å². The molecule has 1 amide bonds. The largest absolute Gasteiger partial charge is 0.497 e. The second-order valence-electron chi connectivity index (χ2n) is 7.65. The van der Waals surface area contributed by atoms with Crippen molar-refractivity contribution in [2.45, 2.75) is 27.2 Å². The first kappa shape index (κ1) is 22.0. The molecule has 0 bridgehead atoms. The monoisotopic (exact) mass is 443 g/mol. The SMILES string of the molecule is COc1ccc(CC(=O)Nc2ccc(Oc3cc(-n4nc(C)cc4C)nc(C)n3)cc2)cc1. The highest BCUT2D eigenvalue weighted by Gasteiger charge is 2.10. The lowest BCUT2D eigenvalue weighted by atomic mass is 10.1. The third-order valence-electron chi connectivity index (χ3n) is 4.91. The van der Waals surface area contributed by atoms with Gasteiger partial charge in [-0.1, -0.05) is 12.1 Å². The zero-order valence-electron chi connectivity index (χ0n) is 19.0. The molecular formula is C25H25N5O3. The molecule has 0 spiro atoms. The van der Waals surface area contributed by atoms with Crippen LogP contribution in [0, 0.1) is 20.8 Å². The van der Waals surface area contributed by atoms with Gasteiger partial charge in [-0.15, -0.1) is 0 Å². The van der Waals surface area contributed by atoms with Crippen molar-refractivity contribution in [3.8, 4) is 23.2 Å². The van der Waals surface area contributed by atoms with Crippen LogP contribution in [0.5, 0.6) is 17.4 Å². The minimum atomic E-state index is -0.102. The summed E-state index contributed by atoms with van der Waals surface area (Å²) in [5.74, 6) is 2.90. The highest BCUT2D eigenvalue weighted by molar-refractivity contribution is 5.92. The molecule has 8 nitrogen and oxygen atoms in total. The second kappa shape index (κ2) is 9.52. The lowest BCUT2D eigenvalue weighted by molar-refractivity contribution is -0.115. The number of nitrogens with one attached hydrogen (secondary N) is 1. The van der Waals surface area contributed by atoms with Crippen LogP contribution < -0.4 is 14.8 Å². The van der Waals surface area contributed by atoms with Crippen molar-refractivity contribution in [2.75, 3.05) is 12.4 Å². The van der Waals surface area contributed by atoms with Crippen molar-refractivity contribution in [2.24, 2.45) is 0 Å². The van der Waals surface area contributed by atoms with Gasteiger partial charge in [0.1, 0.15) is 17.3 Å². The Kier molecular flexibility index (Phi) is 6.35. The highest BCUT2D eigenvalue weighted by atomic mass is 16.5. The molecule has 168 valence electrons. The maximum atomic E-state index is 12.4. The van der Waals surface area contributed by atoms with E-state index >= 15 is 0 Å². The molecule has 0 aliphatic rings. The fourth-order valence-electron chi connectivity index (χ4n) is 3.41. The Morgan fingerprint density at radius 2 is 1.64 bits per heavy atom. The van der Waals surface area contributed by atoms with Crippen molar-refractivity contribution >= 4 is 11.6 Å². The molecular weight excluding hydrogens is 418 g/mol. The second-order valence-corrected chi connectivity index (χ2v) is 7.65. The van der Waals surface area contributed by atoms with Crippen LogP contribution in [0.4, 0.5) is 5.69 Å². The van der Waals surface area contributed by atoms with Gasteiger partial charge < -0.3 is 14.8 Å². The molecule has 2 aromatic carbocycles. The van der Waals surface area contributed by atoms with Gasteiger partial charge in [0.25, 0.3) is 0 Å².